The second kappa shape index (κ2) is 6.65. The normalized spacial score (nSPS) is 23.1. The number of carbonyl (C=O) groups is 2. The van der Waals surface area contributed by atoms with Crippen molar-refractivity contribution < 1.29 is 9.59 Å². The second-order valence-corrected chi connectivity index (χ2v) is 7.52. The van der Waals surface area contributed by atoms with Gasteiger partial charge < -0.3 is 0 Å². The van der Waals surface area contributed by atoms with E-state index in [9.17, 15) is 9.59 Å². The quantitative estimate of drug-likeness (QED) is 0.665. The number of hydrogen-bond donors (Lipinski definition) is 2. The first-order valence-electron chi connectivity index (χ1n) is 7.99. The van der Waals surface area contributed by atoms with Crippen molar-refractivity contribution in [3.05, 3.63) is 33.5 Å². The maximum Gasteiger partial charge on any atom is 0.279 e. The summed E-state index contributed by atoms with van der Waals surface area (Å²) in [5, 5.41) is 0. The predicted octanol–water partition coefficient (Wildman–Crippen LogP) is 2.99. The van der Waals surface area contributed by atoms with Crippen molar-refractivity contribution in [2.75, 3.05) is 0 Å². The summed E-state index contributed by atoms with van der Waals surface area (Å²) in [6.07, 6.45) is 10.0. The van der Waals surface area contributed by atoms with E-state index in [0.29, 0.717) is 23.1 Å². The van der Waals surface area contributed by atoms with E-state index < -0.39 is 0 Å². The standard InChI is InChI=1S/C17H22N2O2S/c1-11-6-7-14-13(8-11)10-15(22-14)17(21)19-18-16(20)9-12-4-2-3-5-12/h2,4,10-12H,3,5-9H2,1H3,(H,18,20)(H,19,21)/t11-,12-/m0/s1. The molecule has 3 rings (SSSR count). The number of thiophene rings is 1. The van der Waals surface area contributed by atoms with Crippen LogP contribution in [0.25, 0.3) is 0 Å². The number of hydrazine groups is 1. The zero-order valence-corrected chi connectivity index (χ0v) is 13.7. The molecule has 2 atom stereocenters. The molecule has 0 bridgehead atoms. The molecule has 0 saturated heterocycles. The maximum atomic E-state index is 12.2. The van der Waals surface area contributed by atoms with Gasteiger partial charge in [-0.3, -0.25) is 20.4 Å². The Labute approximate surface area is 135 Å². The molecular weight excluding hydrogens is 296 g/mol. The molecule has 1 heterocycles. The molecule has 5 heteroatoms. The average Bonchev–Trinajstić information content (AvgIpc) is 3.13. The molecule has 4 nitrogen and oxygen atoms in total. The summed E-state index contributed by atoms with van der Waals surface area (Å²) in [4.78, 5) is 26.0. The van der Waals surface area contributed by atoms with Gasteiger partial charge in [0.25, 0.3) is 5.91 Å². The monoisotopic (exact) mass is 318 g/mol. The molecule has 0 aromatic carbocycles. The largest absolute Gasteiger partial charge is 0.279 e. The van der Waals surface area contributed by atoms with E-state index >= 15 is 0 Å². The minimum Gasteiger partial charge on any atom is -0.273 e. The predicted molar refractivity (Wildman–Crippen MR) is 87.6 cm³/mol. The summed E-state index contributed by atoms with van der Waals surface area (Å²) in [7, 11) is 0. The lowest BCUT2D eigenvalue weighted by Crippen LogP contribution is -2.41. The molecule has 2 aliphatic carbocycles. The van der Waals surface area contributed by atoms with Crippen LogP contribution in [0.5, 0.6) is 0 Å². The molecule has 0 saturated carbocycles. The molecule has 1 aromatic rings. The Morgan fingerprint density at radius 1 is 1.32 bits per heavy atom. The SMILES string of the molecule is C[C@H]1CCc2sc(C(=O)NNC(=O)C[C@H]3C=CCC3)cc2C1. The summed E-state index contributed by atoms with van der Waals surface area (Å²) in [5.41, 5.74) is 6.37. The van der Waals surface area contributed by atoms with Crippen LogP contribution in [-0.2, 0) is 17.6 Å². The summed E-state index contributed by atoms with van der Waals surface area (Å²) < 4.78 is 0. The lowest BCUT2D eigenvalue weighted by molar-refractivity contribution is -0.122. The molecule has 0 radical (unpaired) electrons. The zero-order valence-electron chi connectivity index (χ0n) is 12.9. The Morgan fingerprint density at radius 2 is 2.18 bits per heavy atom. The van der Waals surface area contributed by atoms with Gasteiger partial charge >= 0.3 is 0 Å². The van der Waals surface area contributed by atoms with Gasteiger partial charge in [-0.05, 0) is 55.6 Å². The number of rotatable bonds is 3. The first-order valence-corrected chi connectivity index (χ1v) is 8.81. The van der Waals surface area contributed by atoms with Gasteiger partial charge in [0.05, 0.1) is 4.88 Å². The van der Waals surface area contributed by atoms with Crippen LogP contribution >= 0.6 is 11.3 Å². The van der Waals surface area contributed by atoms with Crippen LogP contribution in [0.3, 0.4) is 0 Å². The molecule has 1 aromatic heterocycles. The summed E-state index contributed by atoms with van der Waals surface area (Å²) in [6.45, 7) is 2.25. The number of carbonyl (C=O) groups excluding carboxylic acids is 2. The molecule has 2 amide bonds. The minimum atomic E-state index is -0.206. The van der Waals surface area contributed by atoms with Crippen molar-refractivity contribution in [1.29, 1.82) is 0 Å². The number of aryl methyl sites for hydroxylation is 1. The fourth-order valence-corrected chi connectivity index (χ4v) is 4.26. The van der Waals surface area contributed by atoms with Crippen molar-refractivity contribution in [2.24, 2.45) is 11.8 Å². The van der Waals surface area contributed by atoms with Crippen LogP contribution in [0.2, 0.25) is 0 Å². The van der Waals surface area contributed by atoms with Gasteiger partial charge in [0.2, 0.25) is 5.91 Å². The lowest BCUT2D eigenvalue weighted by Gasteiger charge is -2.16. The van der Waals surface area contributed by atoms with Crippen LogP contribution in [0.4, 0.5) is 0 Å². The topological polar surface area (TPSA) is 58.2 Å². The molecule has 2 aliphatic rings. The van der Waals surface area contributed by atoms with E-state index in [1.54, 1.807) is 11.3 Å². The Morgan fingerprint density at radius 3 is 2.95 bits per heavy atom. The molecule has 0 fully saturated rings. The third-order valence-electron chi connectivity index (χ3n) is 4.43. The fraction of sp³-hybridized carbons (Fsp3) is 0.529. The van der Waals surface area contributed by atoms with Crippen molar-refractivity contribution in [3.63, 3.8) is 0 Å². The highest BCUT2D eigenvalue weighted by atomic mass is 32.1. The molecule has 0 spiro atoms. The first kappa shape index (κ1) is 15.3. The van der Waals surface area contributed by atoms with Gasteiger partial charge in [0.1, 0.15) is 0 Å². The van der Waals surface area contributed by atoms with Gasteiger partial charge in [-0.2, -0.15) is 0 Å². The molecule has 118 valence electrons. The number of amides is 2. The molecule has 0 unspecified atom stereocenters. The van der Waals surface area contributed by atoms with Crippen LogP contribution in [0.15, 0.2) is 18.2 Å². The third kappa shape index (κ3) is 3.58. The lowest BCUT2D eigenvalue weighted by atomic mass is 9.90. The van der Waals surface area contributed by atoms with Crippen molar-refractivity contribution >= 4 is 23.2 Å². The average molecular weight is 318 g/mol. The first-order chi connectivity index (χ1) is 10.6. The van der Waals surface area contributed by atoms with Crippen LogP contribution in [-0.4, -0.2) is 11.8 Å². The van der Waals surface area contributed by atoms with Crippen LogP contribution in [0, 0.1) is 11.8 Å². The molecule has 2 N–H and O–H groups in total. The second-order valence-electron chi connectivity index (χ2n) is 6.38. The summed E-state index contributed by atoms with van der Waals surface area (Å²) in [6, 6.07) is 1.98. The highest BCUT2D eigenvalue weighted by Gasteiger charge is 2.21. The van der Waals surface area contributed by atoms with Gasteiger partial charge in [0, 0.05) is 11.3 Å². The number of nitrogens with one attached hydrogen (secondary N) is 2. The van der Waals surface area contributed by atoms with Crippen molar-refractivity contribution in [1.82, 2.24) is 10.9 Å². The maximum absolute atomic E-state index is 12.2. The van der Waals surface area contributed by atoms with E-state index in [2.05, 4.69) is 29.9 Å². The molecule has 22 heavy (non-hydrogen) atoms. The Balaban J connectivity index is 1.51. The molecular formula is C17H22N2O2S. The van der Waals surface area contributed by atoms with Gasteiger partial charge in [-0.15, -0.1) is 11.3 Å². The Kier molecular flexibility index (Phi) is 4.62. The third-order valence-corrected chi connectivity index (χ3v) is 5.66. The van der Waals surface area contributed by atoms with Crippen LogP contribution in [0.1, 0.15) is 52.7 Å². The Bertz CT molecular complexity index is 606. The summed E-state index contributed by atoms with van der Waals surface area (Å²) in [5.74, 6) is 0.673. The van der Waals surface area contributed by atoms with E-state index in [1.165, 1.54) is 16.9 Å². The fourth-order valence-electron chi connectivity index (χ4n) is 3.16. The highest BCUT2D eigenvalue weighted by molar-refractivity contribution is 7.14. The minimum absolute atomic E-state index is 0.125. The van der Waals surface area contributed by atoms with Gasteiger partial charge in [-0.25, -0.2) is 0 Å². The van der Waals surface area contributed by atoms with Gasteiger partial charge in [-0.1, -0.05) is 19.1 Å². The van der Waals surface area contributed by atoms with E-state index in [4.69, 9.17) is 0 Å². The smallest absolute Gasteiger partial charge is 0.273 e. The van der Waals surface area contributed by atoms with Crippen molar-refractivity contribution in [2.45, 2.75) is 45.4 Å². The molecule has 0 aliphatic heterocycles. The number of allylic oxidation sites excluding steroid dienone is 2. The highest BCUT2D eigenvalue weighted by Crippen LogP contribution is 2.32. The van der Waals surface area contributed by atoms with Crippen molar-refractivity contribution in [3.8, 4) is 0 Å². The van der Waals surface area contributed by atoms with E-state index in [1.807, 2.05) is 6.07 Å². The van der Waals surface area contributed by atoms with E-state index in [-0.39, 0.29) is 11.8 Å². The summed E-state index contributed by atoms with van der Waals surface area (Å²) >= 11 is 1.56. The van der Waals surface area contributed by atoms with Crippen LogP contribution < -0.4 is 10.9 Å². The number of hydrogen-bond acceptors (Lipinski definition) is 3. The zero-order chi connectivity index (χ0) is 15.5. The van der Waals surface area contributed by atoms with Gasteiger partial charge in [0.15, 0.2) is 0 Å². The van der Waals surface area contributed by atoms with E-state index in [0.717, 1.165) is 25.7 Å². The Hall–Kier alpha value is -1.62. The number of fused-ring (bicyclic) bond motifs is 1.